The molecule has 0 aliphatic heterocycles. The third-order valence-corrected chi connectivity index (χ3v) is 9.68. The van der Waals surface area contributed by atoms with E-state index in [1.165, 1.54) is 10.8 Å². The van der Waals surface area contributed by atoms with Gasteiger partial charge in [0.25, 0.3) is 0 Å². The number of hydrogen-bond acceptors (Lipinski definition) is 4. The average molecular weight is 652 g/mol. The summed E-state index contributed by atoms with van der Waals surface area (Å²) in [5.41, 5.74) is 8.74. The van der Waals surface area contributed by atoms with Crippen LogP contribution in [-0.2, 0) is 0 Å². The van der Waals surface area contributed by atoms with Gasteiger partial charge in [-0.25, -0.2) is 15.0 Å². The van der Waals surface area contributed by atoms with Gasteiger partial charge in [0.1, 0.15) is 11.2 Å². The van der Waals surface area contributed by atoms with Gasteiger partial charge in [-0.2, -0.15) is 0 Å². The molecule has 10 aromatic rings. The van der Waals surface area contributed by atoms with Crippen molar-refractivity contribution in [2.45, 2.75) is 0 Å². The van der Waals surface area contributed by atoms with E-state index in [4.69, 9.17) is 19.4 Å². The first kappa shape index (κ1) is 29.0. The first-order chi connectivity index (χ1) is 25.2. The van der Waals surface area contributed by atoms with Gasteiger partial charge in [-0.1, -0.05) is 146 Å². The van der Waals surface area contributed by atoms with Crippen LogP contribution in [0.3, 0.4) is 0 Å². The van der Waals surface area contributed by atoms with E-state index in [-0.39, 0.29) is 0 Å². The predicted molar refractivity (Wildman–Crippen MR) is 209 cm³/mol. The van der Waals surface area contributed by atoms with E-state index < -0.39 is 0 Å². The van der Waals surface area contributed by atoms with Crippen molar-refractivity contribution in [3.05, 3.63) is 176 Å². The Hall–Kier alpha value is -6.91. The third kappa shape index (κ3) is 5.13. The van der Waals surface area contributed by atoms with Crippen LogP contribution in [0.15, 0.2) is 180 Å². The van der Waals surface area contributed by atoms with Crippen LogP contribution in [-0.4, -0.2) is 15.0 Å². The number of fused-ring (bicyclic) bond motifs is 6. The Morgan fingerprint density at radius 3 is 1.76 bits per heavy atom. The topological polar surface area (TPSA) is 51.8 Å². The molecule has 2 heterocycles. The minimum Gasteiger partial charge on any atom is -0.455 e. The summed E-state index contributed by atoms with van der Waals surface area (Å²) in [4.78, 5) is 15.5. The predicted octanol–water partition coefficient (Wildman–Crippen LogP) is 12.4. The second kappa shape index (κ2) is 11.9. The molecule has 4 heteroatoms. The molecule has 0 N–H and O–H groups in total. The number of rotatable bonds is 5. The lowest BCUT2D eigenvalue weighted by molar-refractivity contribution is 0.673. The molecule has 2 aromatic heterocycles. The van der Waals surface area contributed by atoms with Crippen LogP contribution >= 0.6 is 0 Å². The van der Waals surface area contributed by atoms with E-state index in [1.54, 1.807) is 0 Å². The summed E-state index contributed by atoms with van der Waals surface area (Å²) in [5, 5.41) is 6.59. The van der Waals surface area contributed by atoms with Crippen molar-refractivity contribution >= 4 is 43.5 Å². The van der Waals surface area contributed by atoms with Gasteiger partial charge in [-0.05, 0) is 68.7 Å². The Morgan fingerprint density at radius 2 is 0.941 bits per heavy atom. The molecule has 0 bridgehead atoms. The van der Waals surface area contributed by atoms with E-state index in [9.17, 15) is 0 Å². The van der Waals surface area contributed by atoms with Gasteiger partial charge in [-0.3, -0.25) is 0 Å². The lowest BCUT2D eigenvalue weighted by Gasteiger charge is -2.12. The molecule has 0 aliphatic rings. The van der Waals surface area contributed by atoms with Gasteiger partial charge in [0, 0.05) is 32.8 Å². The Kier molecular flexibility index (Phi) is 6.78. The molecule has 238 valence electrons. The van der Waals surface area contributed by atoms with E-state index >= 15 is 0 Å². The molecular weight excluding hydrogens is 623 g/mol. The summed E-state index contributed by atoms with van der Waals surface area (Å²) in [7, 11) is 0. The van der Waals surface area contributed by atoms with E-state index in [1.807, 2.05) is 36.4 Å². The largest absolute Gasteiger partial charge is 0.455 e. The van der Waals surface area contributed by atoms with Crippen LogP contribution in [0.1, 0.15) is 0 Å². The number of hydrogen-bond donors (Lipinski definition) is 0. The maximum atomic E-state index is 6.80. The van der Waals surface area contributed by atoms with Crippen molar-refractivity contribution in [3.8, 4) is 56.4 Å². The Morgan fingerprint density at radius 1 is 0.333 bits per heavy atom. The molecule has 0 aliphatic carbocycles. The summed E-state index contributed by atoms with van der Waals surface area (Å²) in [6, 6.07) is 61.0. The number of benzene rings is 8. The van der Waals surface area contributed by atoms with Crippen molar-refractivity contribution in [2.24, 2.45) is 0 Å². The van der Waals surface area contributed by atoms with Gasteiger partial charge in [-0.15, -0.1) is 0 Å². The zero-order valence-electron chi connectivity index (χ0n) is 27.5. The van der Waals surface area contributed by atoms with E-state index in [2.05, 4.69) is 140 Å². The molecule has 0 radical (unpaired) electrons. The molecule has 8 aromatic carbocycles. The molecule has 0 unspecified atom stereocenters. The highest BCUT2D eigenvalue weighted by Gasteiger charge is 2.21. The van der Waals surface area contributed by atoms with E-state index in [0.717, 1.165) is 71.7 Å². The fourth-order valence-electron chi connectivity index (χ4n) is 7.16. The fraction of sp³-hybridized carbons (Fsp3) is 0. The molecule has 51 heavy (non-hydrogen) atoms. The van der Waals surface area contributed by atoms with Gasteiger partial charge < -0.3 is 4.42 Å². The summed E-state index contributed by atoms with van der Waals surface area (Å²) < 4.78 is 6.80. The molecule has 10 rings (SSSR count). The van der Waals surface area contributed by atoms with Crippen LogP contribution in [0, 0.1) is 0 Å². The summed E-state index contributed by atoms with van der Waals surface area (Å²) in [5.74, 6) is 1.81. The van der Waals surface area contributed by atoms with Crippen LogP contribution in [0.4, 0.5) is 0 Å². The van der Waals surface area contributed by atoms with Crippen LogP contribution < -0.4 is 0 Å². The van der Waals surface area contributed by atoms with Gasteiger partial charge in [0.2, 0.25) is 0 Å². The SMILES string of the molecule is c1ccc(-c2cccc(-c3nc(-c4ccccc4)nc(-c4cc(-c5ccc6ccccc6c5)cc5oc6c7ccccc7ccc6c45)n3)c2)cc1. The maximum absolute atomic E-state index is 6.80. The quantitative estimate of drug-likeness (QED) is 0.186. The van der Waals surface area contributed by atoms with Crippen molar-refractivity contribution in [1.82, 2.24) is 15.0 Å². The fourth-order valence-corrected chi connectivity index (χ4v) is 7.16. The summed E-state index contributed by atoms with van der Waals surface area (Å²) in [6.07, 6.45) is 0. The first-order valence-electron chi connectivity index (χ1n) is 17.1. The zero-order valence-corrected chi connectivity index (χ0v) is 27.5. The summed E-state index contributed by atoms with van der Waals surface area (Å²) in [6.45, 7) is 0. The minimum absolute atomic E-state index is 0.590. The minimum atomic E-state index is 0.590. The van der Waals surface area contributed by atoms with Gasteiger partial charge >= 0.3 is 0 Å². The van der Waals surface area contributed by atoms with Crippen LogP contribution in [0.2, 0.25) is 0 Å². The Balaban J connectivity index is 1.26. The molecular formula is C47H29N3O. The van der Waals surface area contributed by atoms with E-state index in [0.29, 0.717) is 17.5 Å². The second-order valence-corrected chi connectivity index (χ2v) is 12.8. The zero-order chi connectivity index (χ0) is 33.7. The lowest BCUT2D eigenvalue weighted by atomic mass is 9.96. The lowest BCUT2D eigenvalue weighted by Crippen LogP contribution is -2.01. The highest BCUT2D eigenvalue weighted by Crippen LogP contribution is 2.42. The highest BCUT2D eigenvalue weighted by molar-refractivity contribution is 6.19. The standard InChI is InChI=1S/C47H29N3O/c1-3-12-30(13-4-1)35-19-11-20-37(27-35)46-48-45(33-16-5-2-6-17-33)49-47(50-46)41-28-38(36-23-22-31-14-7-8-18-34(31)26-36)29-42-43(41)40-25-24-32-15-9-10-21-39(32)44(40)51-42/h1-29H. The average Bonchev–Trinajstić information content (AvgIpc) is 3.60. The smallest absolute Gasteiger partial charge is 0.164 e. The van der Waals surface area contributed by atoms with Crippen LogP contribution in [0.5, 0.6) is 0 Å². The number of aromatic nitrogens is 3. The first-order valence-corrected chi connectivity index (χ1v) is 17.1. The van der Waals surface area contributed by atoms with Crippen LogP contribution in [0.25, 0.3) is 99.9 Å². The molecule has 0 fully saturated rings. The maximum Gasteiger partial charge on any atom is 0.164 e. The molecule has 0 saturated carbocycles. The molecule has 0 spiro atoms. The summed E-state index contributed by atoms with van der Waals surface area (Å²) >= 11 is 0. The highest BCUT2D eigenvalue weighted by atomic mass is 16.3. The molecule has 0 atom stereocenters. The van der Waals surface area contributed by atoms with Crippen molar-refractivity contribution in [3.63, 3.8) is 0 Å². The molecule has 0 amide bonds. The Labute approximate surface area is 294 Å². The molecule has 4 nitrogen and oxygen atoms in total. The molecule has 0 saturated heterocycles. The normalized spacial score (nSPS) is 11.5. The Bertz CT molecular complexity index is 2910. The third-order valence-electron chi connectivity index (χ3n) is 9.68. The van der Waals surface area contributed by atoms with Gasteiger partial charge in [0.05, 0.1) is 0 Å². The van der Waals surface area contributed by atoms with Crippen molar-refractivity contribution in [1.29, 1.82) is 0 Å². The van der Waals surface area contributed by atoms with Crippen molar-refractivity contribution in [2.75, 3.05) is 0 Å². The second-order valence-electron chi connectivity index (χ2n) is 12.8. The van der Waals surface area contributed by atoms with Gasteiger partial charge in [0.15, 0.2) is 17.5 Å². The number of nitrogens with zero attached hydrogens (tertiary/aromatic N) is 3. The van der Waals surface area contributed by atoms with Crippen molar-refractivity contribution < 1.29 is 4.42 Å². The monoisotopic (exact) mass is 651 g/mol. The number of furan rings is 1.